The van der Waals surface area contributed by atoms with Crippen molar-refractivity contribution in [1.29, 1.82) is 0 Å². The van der Waals surface area contributed by atoms with Gasteiger partial charge < -0.3 is 19.5 Å². The summed E-state index contributed by atoms with van der Waals surface area (Å²) in [5, 5.41) is 2.97. The van der Waals surface area contributed by atoms with Crippen LogP contribution in [0.2, 0.25) is 0 Å². The maximum atomic E-state index is 13.1. The van der Waals surface area contributed by atoms with Crippen LogP contribution in [0.25, 0.3) is 0 Å². The van der Waals surface area contributed by atoms with Gasteiger partial charge in [0.15, 0.2) is 0 Å². The summed E-state index contributed by atoms with van der Waals surface area (Å²) in [6.07, 6.45) is 5.28. The molecular formula is C19H31N5O3. The van der Waals surface area contributed by atoms with E-state index in [0.717, 1.165) is 18.8 Å². The molecule has 27 heavy (non-hydrogen) atoms. The van der Waals surface area contributed by atoms with Crippen LogP contribution in [0.5, 0.6) is 0 Å². The van der Waals surface area contributed by atoms with Crippen LogP contribution in [-0.2, 0) is 27.3 Å². The van der Waals surface area contributed by atoms with Crippen molar-refractivity contribution in [1.82, 2.24) is 24.7 Å². The van der Waals surface area contributed by atoms with Crippen molar-refractivity contribution < 1.29 is 14.3 Å². The number of aromatic nitrogens is 2. The van der Waals surface area contributed by atoms with Crippen LogP contribution < -0.4 is 5.32 Å². The van der Waals surface area contributed by atoms with Crippen molar-refractivity contribution in [3.05, 3.63) is 18.2 Å². The van der Waals surface area contributed by atoms with E-state index in [1.54, 1.807) is 6.20 Å². The average molecular weight is 377 g/mol. The number of imidazole rings is 1. The standard InChI is InChI=1S/C19H31N5O3/c1-14(2)22(3)12-18(25)21-11-16-13-27-9-8-24(16)19(26)15-4-6-23-7-5-20-17(23)10-15/h5,7,14-16H,4,6,8-13H2,1-3H3,(H,21,25). The number of carbonyl (C=O) groups excluding carboxylic acids is 2. The Kier molecular flexibility index (Phi) is 6.49. The normalized spacial score (nSPS) is 22.8. The topological polar surface area (TPSA) is 79.7 Å². The Balaban J connectivity index is 1.55. The molecular weight excluding hydrogens is 346 g/mol. The molecule has 2 unspecified atom stereocenters. The summed E-state index contributed by atoms with van der Waals surface area (Å²) in [7, 11) is 1.93. The van der Waals surface area contributed by atoms with Crippen molar-refractivity contribution in [3.8, 4) is 0 Å². The fourth-order valence-electron chi connectivity index (χ4n) is 3.61. The first kappa shape index (κ1) is 19.8. The summed E-state index contributed by atoms with van der Waals surface area (Å²) in [6.45, 7) is 7.31. The Morgan fingerprint density at radius 3 is 3.00 bits per heavy atom. The highest BCUT2D eigenvalue weighted by Gasteiger charge is 2.34. The predicted molar refractivity (Wildman–Crippen MR) is 101 cm³/mol. The quantitative estimate of drug-likeness (QED) is 0.762. The molecule has 8 nitrogen and oxygen atoms in total. The van der Waals surface area contributed by atoms with E-state index in [1.165, 1.54) is 0 Å². The third kappa shape index (κ3) is 4.87. The number of aryl methyl sites for hydroxylation is 1. The Bertz CT molecular complexity index is 660. The van der Waals surface area contributed by atoms with Crippen molar-refractivity contribution in [3.63, 3.8) is 0 Å². The molecule has 1 saturated heterocycles. The molecule has 1 N–H and O–H groups in total. The molecule has 0 radical (unpaired) electrons. The van der Waals surface area contributed by atoms with Gasteiger partial charge in [-0.25, -0.2) is 4.98 Å². The van der Waals surface area contributed by atoms with Gasteiger partial charge in [0.2, 0.25) is 11.8 Å². The Labute approximate surface area is 160 Å². The number of nitrogens with one attached hydrogen (secondary N) is 1. The van der Waals surface area contributed by atoms with Gasteiger partial charge in [0, 0.05) is 50.4 Å². The molecule has 2 aliphatic rings. The highest BCUT2D eigenvalue weighted by atomic mass is 16.5. The molecule has 2 aliphatic heterocycles. The van der Waals surface area contributed by atoms with Gasteiger partial charge in [0.05, 0.1) is 25.8 Å². The molecule has 0 aromatic carbocycles. The maximum Gasteiger partial charge on any atom is 0.234 e. The highest BCUT2D eigenvalue weighted by molar-refractivity contribution is 5.80. The van der Waals surface area contributed by atoms with Crippen molar-refractivity contribution in [2.75, 3.05) is 39.9 Å². The molecule has 8 heteroatoms. The zero-order valence-corrected chi connectivity index (χ0v) is 16.6. The van der Waals surface area contributed by atoms with Crippen LogP contribution in [0.4, 0.5) is 0 Å². The number of hydrogen-bond acceptors (Lipinski definition) is 5. The first-order valence-corrected chi connectivity index (χ1v) is 9.81. The molecule has 1 fully saturated rings. The minimum Gasteiger partial charge on any atom is -0.377 e. The van der Waals surface area contributed by atoms with E-state index in [2.05, 4.69) is 28.7 Å². The van der Waals surface area contributed by atoms with Gasteiger partial charge in [-0.15, -0.1) is 0 Å². The van der Waals surface area contributed by atoms with Crippen LogP contribution in [-0.4, -0.2) is 83.1 Å². The molecule has 0 spiro atoms. The molecule has 0 bridgehead atoms. The lowest BCUT2D eigenvalue weighted by molar-refractivity contribution is -0.145. The van der Waals surface area contributed by atoms with Crippen LogP contribution in [0.15, 0.2) is 12.4 Å². The summed E-state index contributed by atoms with van der Waals surface area (Å²) in [6, 6.07) is 0.201. The number of morpholine rings is 1. The SMILES string of the molecule is CC(C)N(C)CC(=O)NCC1COCCN1C(=O)C1CCn2ccnc2C1. The van der Waals surface area contributed by atoms with Gasteiger partial charge in [-0.1, -0.05) is 0 Å². The van der Waals surface area contributed by atoms with E-state index >= 15 is 0 Å². The van der Waals surface area contributed by atoms with Gasteiger partial charge in [0.1, 0.15) is 5.82 Å². The number of nitrogens with zero attached hydrogens (tertiary/aromatic N) is 4. The van der Waals surface area contributed by atoms with Crippen molar-refractivity contribution >= 4 is 11.8 Å². The van der Waals surface area contributed by atoms with Gasteiger partial charge in [-0.05, 0) is 27.3 Å². The van der Waals surface area contributed by atoms with Gasteiger partial charge >= 0.3 is 0 Å². The minimum atomic E-state index is -0.110. The lowest BCUT2D eigenvalue weighted by Gasteiger charge is -2.38. The molecule has 3 rings (SSSR count). The van der Waals surface area contributed by atoms with Gasteiger partial charge in [0.25, 0.3) is 0 Å². The number of ether oxygens (including phenoxy) is 1. The Morgan fingerprint density at radius 1 is 1.41 bits per heavy atom. The molecule has 2 atom stereocenters. The summed E-state index contributed by atoms with van der Waals surface area (Å²) in [5.41, 5.74) is 0. The second kappa shape index (κ2) is 8.84. The highest BCUT2D eigenvalue weighted by Crippen LogP contribution is 2.23. The summed E-state index contributed by atoms with van der Waals surface area (Å²) < 4.78 is 7.69. The summed E-state index contributed by atoms with van der Waals surface area (Å²) >= 11 is 0. The monoisotopic (exact) mass is 377 g/mol. The Hall–Kier alpha value is -1.93. The number of likely N-dealkylation sites (N-methyl/N-ethyl adjacent to an activating group) is 1. The molecule has 150 valence electrons. The van der Waals surface area contributed by atoms with E-state index < -0.39 is 0 Å². The zero-order chi connectivity index (χ0) is 19.4. The maximum absolute atomic E-state index is 13.1. The van der Waals surface area contributed by atoms with Crippen LogP contribution in [0.1, 0.15) is 26.1 Å². The number of rotatable bonds is 6. The smallest absolute Gasteiger partial charge is 0.234 e. The van der Waals surface area contributed by atoms with E-state index in [4.69, 9.17) is 4.74 Å². The minimum absolute atomic E-state index is 0.0242. The Morgan fingerprint density at radius 2 is 2.22 bits per heavy atom. The summed E-state index contributed by atoms with van der Waals surface area (Å²) in [5.74, 6) is 1.08. The van der Waals surface area contributed by atoms with Crippen molar-refractivity contribution in [2.24, 2.45) is 5.92 Å². The first-order chi connectivity index (χ1) is 13.0. The van der Waals surface area contributed by atoms with Crippen molar-refractivity contribution in [2.45, 2.75) is 45.3 Å². The summed E-state index contributed by atoms with van der Waals surface area (Å²) in [4.78, 5) is 33.5. The first-order valence-electron chi connectivity index (χ1n) is 9.81. The van der Waals surface area contributed by atoms with E-state index in [0.29, 0.717) is 45.3 Å². The fraction of sp³-hybridized carbons (Fsp3) is 0.737. The zero-order valence-electron chi connectivity index (χ0n) is 16.6. The van der Waals surface area contributed by atoms with E-state index in [9.17, 15) is 9.59 Å². The third-order valence-electron chi connectivity index (χ3n) is 5.62. The number of amides is 2. The average Bonchev–Trinajstić information content (AvgIpc) is 3.13. The lowest BCUT2D eigenvalue weighted by atomic mass is 9.95. The predicted octanol–water partition coefficient (Wildman–Crippen LogP) is 0.129. The third-order valence-corrected chi connectivity index (χ3v) is 5.62. The van der Waals surface area contributed by atoms with E-state index in [-0.39, 0.29) is 23.8 Å². The number of carbonyl (C=O) groups is 2. The molecule has 0 saturated carbocycles. The molecule has 3 heterocycles. The molecule has 0 aliphatic carbocycles. The largest absolute Gasteiger partial charge is 0.377 e. The van der Waals surface area contributed by atoms with E-state index in [1.807, 2.05) is 23.0 Å². The van der Waals surface area contributed by atoms with Crippen LogP contribution in [0.3, 0.4) is 0 Å². The fourth-order valence-corrected chi connectivity index (χ4v) is 3.61. The lowest BCUT2D eigenvalue weighted by Crippen LogP contribution is -2.56. The molecule has 1 aromatic rings. The van der Waals surface area contributed by atoms with Crippen LogP contribution in [0, 0.1) is 5.92 Å². The second-order valence-electron chi connectivity index (χ2n) is 7.80. The number of hydrogen-bond donors (Lipinski definition) is 1. The van der Waals surface area contributed by atoms with Gasteiger partial charge in [-0.3, -0.25) is 14.5 Å². The molecule has 1 aromatic heterocycles. The van der Waals surface area contributed by atoms with Gasteiger partial charge in [-0.2, -0.15) is 0 Å². The second-order valence-corrected chi connectivity index (χ2v) is 7.80. The molecule has 2 amide bonds. The number of fused-ring (bicyclic) bond motifs is 1. The van der Waals surface area contributed by atoms with Crippen LogP contribution >= 0.6 is 0 Å².